The van der Waals surface area contributed by atoms with Gasteiger partial charge in [-0.25, -0.2) is 0 Å². The second-order valence-electron chi connectivity index (χ2n) is 10.8. The number of hydrogen-bond donors (Lipinski definition) is 2. The second-order valence-corrected chi connectivity index (χ2v) is 10.8. The maximum atomic E-state index is 13.7. The predicted octanol–water partition coefficient (Wildman–Crippen LogP) is 6.33. The quantitative estimate of drug-likeness (QED) is 0.267. The number of carbonyl (C=O) groups is 3. The first kappa shape index (κ1) is 28.2. The number of halogens is 3. The summed E-state index contributed by atoms with van der Waals surface area (Å²) in [6.45, 7) is 0.386. The van der Waals surface area contributed by atoms with Crippen LogP contribution in [0.25, 0.3) is 11.1 Å². The lowest BCUT2D eigenvalue weighted by molar-refractivity contribution is -0.137. The summed E-state index contributed by atoms with van der Waals surface area (Å²) in [7, 11) is 0. The molecule has 0 radical (unpaired) electrons. The number of fused-ring (bicyclic) bond motifs is 1. The number of rotatable bonds is 7. The standard InChI is InChI=1S/C34H28F3N3O3/c35-34(36,37)25-13-10-21(11-14-25)27-8-4-5-9-28(27)33(43)40-19-18-23-20-24(12-17-29(23)40)31(41)39-30(22-6-2-1-3-7-22)32(42)38-26-15-16-26/h1-14,17,20,26,30H,15-16,18-19H2,(H,38,42)(H,39,41)/t30-/m0/s1. The number of hydrogen-bond acceptors (Lipinski definition) is 3. The largest absolute Gasteiger partial charge is 0.416 e. The van der Waals surface area contributed by atoms with E-state index in [-0.39, 0.29) is 17.9 Å². The van der Waals surface area contributed by atoms with Crippen molar-refractivity contribution in [1.82, 2.24) is 10.6 Å². The molecule has 218 valence electrons. The minimum Gasteiger partial charge on any atom is -0.351 e. The van der Waals surface area contributed by atoms with Gasteiger partial charge in [0.2, 0.25) is 5.91 Å². The van der Waals surface area contributed by atoms with Crippen LogP contribution in [0.4, 0.5) is 18.9 Å². The van der Waals surface area contributed by atoms with Crippen LogP contribution >= 0.6 is 0 Å². The zero-order valence-corrected chi connectivity index (χ0v) is 23.0. The predicted molar refractivity (Wildman–Crippen MR) is 157 cm³/mol. The maximum Gasteiger partial charge on any atom is 0.416 e. The van der Waals surface area contributed by atoms with E-state index in [2.05, 4.69) is 10.6 Å². The van der Waals surface area contributed by atoms with Gasteiger partial charge in [-0.05, 0) is 77.9 Å². The van der Waals surface area contributed by atoms with Crippen molar-refractivity contribution < 1.29 is 27.6 Å². The van der Waals surface area contributed by atoms with E-state index in [4.69, 9.17) is 0 Å². The van der Waals surface area contributed by atoms with Gasteiger partial charge in [0.15, 0.2) is 0 Å². The fourth-order valence-corrected chi connectivity index (χ4v) is 5.33. The summed E-state index contributed by atoms with van der Waals surface area (Å²) < 4.78 is 39.2. The van der Waals surface area contributed by atoms with E-state index in [1.54, 1.807) is 59.5 Å². The average Bonchev–Trinajstić information content (AvgIpc) is 3.74. The van der Waals surface area contributed by atoms with Crippen LogP contribution in [-0.2, 0) is 17.4 Å². The van der Waals surface area contributed by atoms with Gasteiger partial charge in [-0.2, -0.15) is 13.2 Å². The molecule has 6 nitrogen and oxygen atoms in total. The Morgan fingerprint density at radius 2 is 1.53 bits per heavy atom. The number of amides is 3. The molecular weight excluding hydrogens is 555 g/mol. The van der Waals surface area contributed by atoms with Crippen molar-refractivity contribution >= 4 is 23.4 Å². The molecule has 2 N–H and O–H groups in total. The molecule has 4 aromatic carbocycles. The molecule has 1 aliphatic heterocycles. The van der Waals surface area contributed by atoms with Crippen molar-refractivity contribution in [2.24, 2.45) is 0 Å². The highest BCUT2D eigenvalue weighted by Gasteiger charge is 2.32. The van der Waals surface area contributed by atoms with Gasteiger partial charge in [0.25, 0.3) is 11.8 Å². The Bertz CT molecular complexity index is 1680. The molecule has 0 spiro atoms. The Labute approximate surface area is 246 Å². The Kier molecular flexibility index (Phi) is 7.48. The van der Waals surface area contributed by atoms with Crippen molar-refractivity contribution in [2.75, 3.05) is 11.4 Å². The summed E-state index contributed by atoms with van der Waals surface area (Å²) in [6, 6.07) is 25.0. The van der Waals surface area contributed by atoms with Crippen LogP contribution in [0.2, 0.25) is 0 Å². The highest BCUT2D eigenvalue weighted by molar-refractivity contribution is 6.11. The summed E-state index contributed by atoms with van der Waals surface area (Å²) >= 11 is 0. The summed E-state index contributed by atoms with van der Waals surface area (Å²) in [6.07, 6.45) is -2.07. The van der Waals surface area contributed by atoms with Gasteiger partial charge >= 0.3 is 6.18 Å². The van der Waals surface area contributed by atoms with Crippen molar-refractivity contribution in [2.45, 2.75) is 37.5 Å². The number of alkyl halides is 3. The fraction of sp³-hybridized carbons (Fsp3) is 0.206. The minimum absolute atomic E-state index is 0.142. The number of nitrogens with zero attached hydrogens (tertiary/aromatic N) is 1. The second kappa shape index (κ2) is 11.4. The van der Waals surface area contributed by atoms with Gasteiger partial charge in [-0.1, -0.05) is 60.7 Å². The zero-order valence-electron chi connectivity index (χ0n) is 23.0. The number of nitrogens with one attached hydrogen (secondary N) is 2. The first-order valence-corrected chi connectivity index (χ1v) is 14.1. The van der Waals surface area contributed by atoms with Gasteiger partial charge in [0.1, 0.15) is 6.04 Å². The highest BCUT2D eigenvalue weighted by Crippen LogP contribution is 2.35. The Morgan fingerprint density at radius 3 is 2.23 bits per heavy atom. The first-order chi connectivity index (χ1) is 20.7. The van der Waals surface area contributed by atoms with Crippen LogP contribution < -0.4 is 15.5 Å². The van der Waals surface area contributed by atoms with Gasteiger partial charge in [0.05, 0.1) is 5.56 Å². The maximum absolute atomic E-state index is 13.7. The normalized spacial score (nSPS) is 15.0. The Morgan fingerprint density at radius 1 is 0.837 bits per heavy atom. The molecule has 6 rings (SSSR count). The van der Waals surface area contributed by atoms with Gasteiger partial charge in [-0.3, -0.25) is 14.4 Å². The van der Waals surface area contributed by atoms with Gasteiger partial charge in [-0.15, -0.1) is 0 Å². The van der Waals surface area contributed by atoms with Crippen molar-refractivity contribution in [3.63, 3.8) is 0 Å². The third-order valence-electron chi connectivity index (χ3n) is 7.76. The van der Waals surface area contributed by atoms with Crippen LogP contribution in [0.15, 0.2) is 97.1 Å². The highest BCUT2D eigenvalue weighted by atomic mass is 19.4. The molecule has 43 heavy (non-hydrogen) atoms. The van der Waals surface area contributed by atoms with E-state index in [0.29, 0.717) is 46.5 Å². The van der Waals surface area contributed by atoms with Gasteiger partial charge < -0.3 is 15.5 Å². The molecule has 1 heterocycles. The molecule has 1 fully saturated rings. The van der Waals surface area contributed by atoms with Gasteiger partial charge in [0, 0.05) is 29.4 Å². The van der Waals surface area contributed by atoms with Crippen molar-refractivity contribution in [3.05, 3.63) is 125 Å². The topological polar surface area (TPSA) is 78.5 Å². The molecule has 0 unspecified atom stereocenters. The number of anilines is 1. The molecular formula is C34H28F3N3O3. The van der Waals surface area contributed by atoms with Crippen LogP contribution in [0, 0.1) is 0 Å². The summed E-state index contributed by atoms with van der Waals surface area (Å²) in [4.78, 5) is 41.7. The van der Waals surface area contributed by atoms with E-state index in [1.807, 2.05) is 18.2 Å². The van der Waals surface area contributed by atoms with Crippen LogP contribution in [-0.4, -0.2) is 30.3 Å². The molecule has 1 saturated carbocycles. The third kappa shape index (κ3) is 6.02. The lowest BCUT2D eigenvalue weighted by Gasteiger charge is -2.21. The number of benzene rings is 4. The fourth-order valence-electron chi connectivity index (χ4n) is 5.33. The Hall–Kier alpha value is -4.92. The lowest BCUT2D eigenvalue weighted by Crippen LogP contribution is -2.41. The molecule has 0 aromatic heterocycles. The molecule has 0 saturated heterocycles. The van der Waals surface area contributed by atoms with Crippen molar-refractivity contribution in [1.29, 1.82) is 0 Å². The van der Waals surface area contributed by atoms with E-state index in [1.165, 1.54) is 12.1 Å². The minimum atomic E-state index is -4.45. The summed E-state index contributed by atoms with van der Waals surface area (Å²) in [5.41, 5.74) is 3.17. The lowest BCUT2D eigenvalue weighted by atomic mass is 9.97. The first-order valence-electron chi connectivity index (χ1n) is 14.1. The SMILES string of the molecule is O=C(N[C@H](C(=O)NC1CC1)c1ccccc1)c1ccc2c(c1)CCN2C(=O)c1ccccc1-c1ccc(C(F)(F)F)cc1. The molecule has 4 aromatic rings. The third-order valence-corrected chi connectivity index (χ3v) is 7.76. The monoisotopic (exact) mass is 583 g/mol. The smallest absolute Gasteiger partial charge is 0.351 e. The van der Waals surface area contributed by atoms with E-state index in [0.717, 1.165) is 30.5 Å². The van der Waals surface area contributed by atoms with Crippen molar-refractivity contribution in [3.8, 4) is 11.1 Å². The zero-order chi connectivity index (χ0) is 30.1. The van der Waals surface area contributed by atoms with E-state index >= 15 is 0 Å². The molecule has 1 atom stereocenters. The molecule has 1 aliphatic carbocycles. The number of carbonyl (C=O) groups excluding carboxylic acids is 3. The van der Waals surface area contributed by atoms with Crippen LogP contribution in [0.1, 0.15) is 56.3 Å². The van der Waals surface area contributed by atoms with Crippen LogP contribution in [0.3, 0.4) is 0 Å². The van der Waals surface area contributed by atoms with Crippen LogP contribution in [0.5, 0.6) is 0 Å². The molecule has 3 amide bonds. The average molecular weight is 584 g/mol. The molecule has 9 heteroatoms. The summed E-state index contributed by atoms with van der Waals surface area (Å²) in [5.74, 6) is -0.945. The van der Waals surface area contributed by atoms with E-state index in [9.17, 15) is 27.6 Å². The van der Waals surface area contributed by atoms with E-state index < -0.39 is 23.7 Å². The molecule has 0 bridgehead atoms. The Balaban J connectivity index is 1.22. The molecule has 2 aliphatic rings. The summed E-state index contributed by atoms with van der Waals surface area (Å²) in [5, 5.41) is 5.83.